The summed E-state index contributed by atoms with van der Waals surface area (Å²) in [4.78, 5) is 38.5. The molecule has 83 heavy (non-hydrogen) atoms. The lowest BCUT2D eigenvalue weighted by molar-refractivity contribution is -0.167. The lowest BCUT2D eigenvalue weighted by atomic mass is 10.0. The van der Waals surface area contributed by atoms with Gasteiger partial charge in [-0.05, 0) is 128 Å². The number of unbranched alkanes of at least 4 members (excludes halogenated alkanes) is 35. The van der Waals surface area contributed by atoms with Crippen molar-refractivity contribution in [1.82, 2.24) is 0 Å². The van der Waals surface area contributed by atoms with Crippen LogP contribution in [0.3, 0.4) is 0 Å². The summed E-state index contributed by atoms with van der Waals surface area (Å²) in [6, 6.07) is 0. The quantitative estimate of drug-likeness (QED) is 0.0261. The molecule has 0 heterocycles. The van der Waals surface area contributed by atoms with Gasteiger partial charge in [0.25, 0.3) is 0 Å². The summed E-state index contributed by atoms with van der Waals surface area (Å²) < 4.78 is 17.0. The summed E-state index contributed by atoms with van der Waals surface area (Å²) in [5, 5.41) is 0. The topological polar surface area (TPSA) is 78.9 Å². The molecule has 0 N–H and O–H groups in total. The molecule has 0 aromatic heterocycles. The summed E-state index contributed by atoms with van der Waals surface area (Å²) in [7, 11) is 0. The first-order valence-corrected chi connectivity index (χ1v) is 35.4. The van der Waals surface area contributed by atoms with Gasteiger partial charge in [0.2, 0.25) is 0 Å². The van der Waals surface area contributed by atoms with Crippen LogP contribution in [0, 0.1) is 0 Å². The number of esters is 3. The van der Waals surface area contributed by atoms with Gasteiger partial charge in [-0.3, -0.25) is 14.4 Å². The highest BCUT2D eigenvalue weighted by molar-refractivity contribution is 5.71. The minimum Gasteiger partial charge on any atom is -0.462 e. The molecule has 6 heteroatoms. The Kier molecular flexibility index (Phi) is 67.2. The molecule has 0 aliphatic rings. The van der Waals surface area contributed by atoms with Crippen LogP contribution in [-0.4, -0.2) is 37.2 Å². The maximum atomic E-state index is 13.0. The molecule has 1 unspecified atom stereocenters. The molecule has 1 atom stereocenters. The normalized spacial score (nSPS) is 12.8. The fourth-order valence-corrected chi connectivity index (χ4v) is 9.94. The van der Waals surface area contributed by atoms with Crippen LogP contribution in [0.25, 0.3) is 0 Å². The number of rotatable bonds is 64. The van der Waals surface area contributed by atoms with E-state index in [1.807, 2.05) is 0 Å². The highest BCUT2D eigenvalue weighted by atomic mass is 16.6. The third kappa shape index (κ3) is 68.7. The Morgan fingerprint density at radius 2 is 0.470 bits per heavy atom. The van der Waals surface area contributed by atoms with Crippen molar-refractivity contribution >= 4 is 17.9 Å². The Balaban J connectivity index is 4.42. The first-order chi connectivity index (χ1) is 41.0. The minimum absolute atomic E-state index is 0.0903. The smallest absolute Gasteiger partial charge is 0.306 e. The van der Waals surface area contributed by atoms with E-state index in [0.717, 1.165) is 109 Å². The highest BCUT2D eigenvalue weighted by Gasteiger charge is 2.19. The van der Waals surface area contributed by atoms with Crippen LogP contribution in [0.4, 0.5) is 0 Å². The molecular weight excluding hydrogens is 1020 g/mol. The van der Waals surface area contributed by atoms with Crippen LogP contribution in [0.15, 0.2) is 109 Å². The fourth-order valence-electron chi connectivity index (χ4n) is 9.94. The van der Waals surface area contributed by atoms with E-state index >= 15 is 0 Å². The molecular formula is C77H132O6. The Morgan fingerprint density at radius 3 is 0.747 bits per heavy atom. The van der Waals surface area contributed by atoms with Crippen LogP contribution in [0.5, 0.6) is 0 Å². The van der Waals surface area contributed by atoms with Crippen LogP contribution in [-0.2, 0) is 28.6 Å². The first kappa shape index (κ1) is 79.1. The molecule has 0 bridgehead atoms. The lowest BCUT2D eigenvalue weighted by Gasteiger charge is -2.18. The maximum Gasteiger partial charge on any atom is 0.306 e. The highest BCUT2D eigenvalue weighted by Crippen LogP contribution is 2.17. The van der Waals surface area contributed by atoms with Crippen molar-refractivity contribution in [3.05, 3.63) is 109 Å². The van der Waals surface area contributed by atoms with Gasteiger partial charge < -0.3 is 14.2 Å². The number of hydrogen-bond acceptors (Lipinski definition) is 6. The summed E-state index contributed by atoms with van der Waals surface area (Å²) in [6.45, 7) is 6.51. The van der Waals surface area contributed by atoms with Crippen LogP contribution >= 0.6 is 0 Å². The van der Waals surface area contributed by atoms with Crippen molar-refractivity contribution in [3.63, 3.8) is 0 Å². The Bertz CT molecular complexity index is 1660. The molecule has 0 spiro atoms. The van der Waals surface area contributed by atoms with Crippen molar-refractivity contribution in [3.8, 4) is 0 Å². The van der Waals surface area contributed by atoms with Gasteiger partial charge in [0.1, 0.15) is 13.2 Å². The van der Waals surface area contributed by atoms with Crippen molar-refractivity contribution in [2.45, 2.75) is 348 Å². The van der Waals surface area contributed by atoms with E-state index in [1.54, 1.807) is 0 Å². The molecule has 0 rings (SSSR count). The van der Waals surface area contributed by atoms with E-state index in [2.05, 4.69) is 130 Å². The van der Waals surface area contributed by atoms with Gasteiger partial charge in [-0.2, -0.15) is 0 Å². The predicted octanol–water partition coefficient (Wildman–Crippen LogP) is 24.6. The van der Waals surface area contributed by atoms with Crippen molar-refractivity contribution in [2.75, 3.05) is 13.2 Å². The summed E-state index contributed by atoms with van der Waals surface area (Å²) in [6.07, 6.45) is 96.8. The Morgan fingerprint density at radius 1 is 0.253 bits per heavy atom. The first-order valence-electron chi connectivity index (χ1n) is 35.4. The van der Waals surface area contributed by atoms with Crippen molar-refractivity contribution in [2.24, 2.45) is 0 Å². The lowest BCUT2D eigenvalue weighted by Crippen LogP contribution is -2.30. The van der Waals surface area contributed by atoms with Gasteiger partial charge in [-0.15, -0.1) is 0 Å². The fraction of sp³-hybridized carbons (Fsp3) is 0.727. The molecule has 6 nitrogen and oxygen atoms in total. The Hall–Kier alpha value is -3.93. The second-order valence-electron chi connectivity index (χ2n) is 23.4. The van der Waals surface area contributed by atoms with E-state index in [1.165, 1.54) is 193 Å². The Labute approximate surface area is 514 Å². The van der Waals surface area contributed by atoms with Crippen LogP contribution < -0.4 is 0 Å². The number of carbonyl (C=O) groups is 3. The van der Waals surface area contributed by atoms with E-state index in [9.17, 15) is 14.4 Å². The zero-order valence-electron chi connectivity index (χ0n) is 54.7. The van der Waals surface area contributed by atoms with Gasteiger partial charge in [0.15, 0.2) is 6.10 Å². The summed E-state index contributed by atoms with van der Waals surface area (Å²) in [5.41, 5.74) is 0. The molecule has 0 aromatic rings. The minimum atomic E-state index is -0.798. The zero-order valence-corrected chi connectivity index (χ0v) is 54.7. The summed E-state index contributed by atoms with van der Waals surface area (Å²) in [5.74, 6) is -0.914. The molecule has 0 aliphatic heterocycles. The molecule has 476 valence electrons. The van der Waals surface area contributed by atoms with Gasteiger partial charge in [0, 0.05) is 19.3 Å². The van der Waals surface area contributed by atoms with E-state index in [0.29, 0.717) is 19.3 Å². The molecule has 0 fully saturated rings. The van der Waals surface area contributed by atoms with E-state index in [4.69, 9.17) is 14.2 Å². The molecule has 0 saturated carbocycles. The molecule has 0 saturated heterocycles. The monoisotopic (exact) mass is 1150 g/mol. The average Bonchev–Trinajstić information content (AvgIpc) is 3.49. The average molecular weight is 1150 g/mol. The second-order valence-corrected chi connectivity index (χ2v) is 23.4. The molecule has 0 aromatic carbocycles. The van der Waals surface area contributed by atoms with Gasteiger partial charge in [-0.25, -0.2) is 0 Å². The number of hydrogen-bond donors (Lipinski definition) is 0. The number of ether oxygens (including phenoxy) is 3. The van der Waals surface area contributed by atoms with E-state index in [-0.39, 0.29) is 31.1 Å². The van der Waals surface area contributed by atoms with Crippen LogP contribution in [0.1, 0.15) is 342 Å². The molecule has 0 radical (unpaired) electrons. The standard InChI is InChI=1S/C77H132O6/c1-4-7-10-13-16-19-22-25-28-31-34-36-38-40-43-46-49-52-55-58-61-64-67-70-76(79)82-73-74(72-81-75(78)69-66-63-60-57-54-51-48-45-42-33-30-27-24-21-18-15-12-9-6-3)83-77(80)71-68-65-62-59-56-53-50-47-44-41-39-37-35-32-29-26-23-20-17-14-11-8-5-2/h9,12,18,21-23,25-27,30-32,34-35,42,45,51,54,74H,4-8,10-11,13-17,19-20,24,28-29,33,36-41,43-44,46-50,52-53,55-73H2,1-3H3/b12-9-,21-18-,25-22-,26-23-,30-27-,34-31-,35-32-,45-42-,54-51-. The van der Waals surface area contributed by atoms with Gasteiger partial charge in [-0.1, -0.05) is 304 Å². The van der Waals surface area contributed by atoms with Gasteiger partial charge >= 0.3 is 17.9 Å². The van der Waals surface area contributed by atoms with Gasteiger partial charge in [0.05, 0.1) is 0 Å². The second kappa shape index (κ2) is 70.6. The SMILES string of the molecule is CC/C=C\C/C=C\C/C=C\C/C=C\C/C=C\CCCCCC(=O)OCC(COC(=O)CCCCCCCCCCCCC/C=C\C/C=C\CCCCCCC)OC(=O)CCCCCCCCCCCCC/C=C\C/C=C\CCCCCCC. The zero-order chi connectivity index (χ0) is 59.9. The predicted molar refractivity (Wildman–Crippen MR) is 362 cm³/mol. The van der Waals surface area contributed by atoms with Crippen molar-refractivity contribution < 1.29 is 28.6 Å². The number of allylic oxidation sites excluding steroid dienone is 18. The molecule has 0 aliphatic carbocycles. The maximum absolute atomic E-state index is 13.0. The third-order valence-corrected chi connectivity index (χ3v) is 15.2. The van der Waals surface area contributed by atoms with Crippen molar-refractivity contribution in [1.29, 1.82) is 0 Å². The largest absolute Gasteiger partial charge is 0.462 e. The van der Waals surface area contributed by atoms with Crippen LogP contribution in [0.2, 0.25) is 0 Å². The molecule has 0 amide bonds. The third-order valence-electron chi connectivity index (χ3n) is 15.2. The number of carbonyl (C=O) groups excluding carboxylic acids is 3. The summed E-state index contributed by atoms with van der Waals surface area (Å²) >= 11 is 0. The van der Waals surface area contributed by atoms with E-state index < -0.39 is 6.10 Å².